The molecule has 0 amide bonds. The van der Waals surface area contributed by atoms with Crippen molar-refractivity contribution < 1.29 is 0 Å². The average molecular weight is 285 g/mol. The Morgan fingerprint density at radius 2 is 1.90 bits per heavy atom. The first-order chi connectivity index (χ1) is 9.74. The molecule has 0 fully saturated rings. The highest BCUT2D eigenvalue weighted by Crippen LogP contribution is 2.22. The molecule has 20 heavy (non-hydrogen) atoms. The highest BCUT2D eigenvalue weighted by Gasteiger charge is 2.15. The molecule has 2 aromatic rings. The Hall–Kier alpha value is -1.64. The number of aliphatic imine (C=N–C) groups is 1. The summed E-state index contributed by atoms with van der Waals surface area (Å²) in [5, 5.41) is 0.760. The molecule has 0 unspecified atom stereocenters. The van der Waals surface area contributed by atoms with E-state index in [4.69, 9.17) is 16.6 Å². The van der Waals surface area contributed by atoms with Gasteiger partial charge in [0.15, 0.2) is 0 Å². The van der Waals surface area contributed by atoms with Crippen molar-refractivity contribution in [1.82, 2.24) is 4.90 Å². The molecule has 2 aromatic carbocycles. The zero-order valence-electron chi connectivity index (χ0n) is 11.5. The van der Waals surface area contributed by atoms with Gasteiger partial charge in [-0.25, -0.2) is 0 Å². The van der Waals surface area contributed by atoms with Crippen molar-refractivity contribution in [1.29, 1.82) is 0 Å². The minimum absolute atomic E-state index is 0.760. The fourth-order valence-electron chi connectivity index (χ4n) is 2.54. The molecule has 0 saturated carbocycles. The van der Waals surface area contributed by atoms with Gasteiger partial charge in [0.05, 0.1) is 12.3 Å². The summed E-state index contributed by atoms with van der Waals surface area (Å²) in [6.45, 7) is 2.71. The van der Waals surface area contributed by atoms with Crippen molar-refractivity contribution in [3.05, 3.63) is 70.2 Å². The van der Waals surface area contributed by atoms with Crippen LogP contribution >= 0.6 is 11.6 Å². The topological polar surface area (TPSA) is 15.6 Å². The quantitative estimate of drug-likeness (QED) is 0.781. The number of hydrogen-bond acceptors (Lipinski definition) is 2. The zero-order chi connectivity index (χ0) is 13.9. The van der Waals surface area contributed by atoms with Crippen LogP contribution in [0.1, 0.15) is 16.7 Å². The normalized spacial score (nSPS) is 16.0. The highest BCUT2D eigenvalue weighted by molar-refractivity contribution is 6.31. The van der Waals surface area contributed by atoms with Crippen molar-refractivity contribution in [3.8, 4) is 0 Å². The van der Waals surface area contributed by atoms with E-state index in [0.29, 0.717) is 0 Å². The van der Waals surface area contributed by atoms with Gasteiger partial charge >= 0.3 is 0 Å². The summed E-state index contributed by atoms with van der Waals surface area (Å²) in [5.41, 5.74) is 4.63. The molecule has 0 radical (unpaired) electrons. The molecule has 0 atom stereocenters. The van der Waals surface area contributed by atoms with Crippen LogP contribution in [-0.4, -0.2) is 30.7 Å². The number of benzene rings is 2. The lowest BCUT2D eigenvalue weighted by molar-refractivity contribution is 0.335. The van der Waals surface area contributed by atoms with E-state index in [9.17, 15) is 0 Å². The number of halogens is 1. The molecule has 0 bridgehead atoms. The van der Waals surface area contributed by atoms with Crippen molar-refractivity contribution in [3.63, 3.8) is 0 Å². The van der Waals surface area contributed by atoms with E-state index in [1.54, 1.807) is 0 Å². The number of likely N-dealkylation sites (N-methyl/N-ethyl adjacent to an activating group) is 1. The van der Waals surface area contributed by atoms with Gasteiger partial charge in [-0.2, -0.15) is 0 Å². The fourth-order valence-corrected chi connectivity index (χ4v) is 2.71. The van der Waals surface area contributed by atoms with Gasteiger partial charge in [-0.15, -0.1) is 0 Å². The highest BCUT2D eigenvalue weighted by atomic mass is 35.5. The van der Waals surface area contributed by atoms with Gasteiger partial charge in [0.25, 0.3) is 0 Å². The molecule has 1 aliphatic heterocycles. The molecule has 0 spiro atoms. The molecular formula is C17H17ClN2. The lowest BCUT2D eigenvalue weighted by Crippen LogP contribution is -2.25. The fraction of sp³-hybridized carbons (Fsp3) is 0.235. The third-order valence-electron chi connectivity index (χ3n) is 3.57. The maximum absolute atomic E-state index is 6.19. The Balaban J connectivity index is 2.15. The lowest BCUT2D eigenvalue weighted by Gasteiger charge is -2.22. The first-order valence-electron chi connectivity index (χ1n) is 6.81. The van der Waals surface area contributed by atoms with E-state index >= 15 is 0 Å². The van der Waals surface area contributed by atoms with E-state index < -0.39 is 0 Å². The van der Waals surface area contributed by atoms with Crippen molar-refractivity contribution in [2.24, 2.45) is 4.99 Å². The Morgan fingerprint density at radius 1 is 1.10 bits per heavy atom. The van der Waals surface area contributed by atoms with E-state index in [0.717, 1.165) is 41.5 Å². The summed E-state index contributed by atoms with van der Waals surface area (Å²) in [7, 11) is 2.13. The molecule has 2 nitrogen and oxygen atoms in total. The molecular weight excluding hydrogens is 268 g/mol. The van der Waals surface area contributed by atoms with Gasteiger partial charge in [0.2, 0.25) is 0 Å². The van der Waals surface area contributed by atoms with Crippen molar-refractivity contribution >= 4 is 17.3 Å². The van der Waals surface area contributed by atoms with Crippen molar-refractivity contribution in [2.75, 3.05) is 20.1 Å². The summed E-state index contributed by atoms with van der Waals surface area (Å²) in [6.07, 6.45) is 0. The monoisotopic (exact) mass is 284 g/mol. The second kappa shape index (κ2) is 5.78. The van der Waals surface area contributed by atoms with E-state index in [1.807, 2.05) is 30.3 Å². The summed E-state index contributed by atoms with van der Waals surface area (Å²) in [6, 6.07) is 16.4. The first-order valence-corrected chi connectivity index (χ1v) is 7.19. The van der Waals surface area contributed by atoms with Gasteiger partial charge in [-0.1, -0.05) is 48.0 Å². The molecule has 3 rings (SSSR count). The van der Waals surface area contributed by atoms with Crippen LogP contribution in [-0.2, 0) is 6.54 Å². The van der Waals surface area contributed by atoms with Crippen LogP contribution in [0.2, 0.25) is 5.02 Å². The lowest BCUT2D eigenvalue weighted by atomic mass is 9.96. The van der Waals surface area contributed by atoms with Gasteiger partial charge in [0, 0.05) is 29.2 Å². The third-order valence-corrected chi connectivity index (χ3v) is 3.80. The van der Waals surface area contributed by atoms with Crippen LogP contribution in [0.25, 0.3) is 0 Å². The second-order valence-corrected chi connectivity index (χ2v) is 5.57. The standard InChI is InChI=1S/C17H17ClN2/c1-20-10-9-19-17(13-5-3-2-4-6-13)16-11-15(18)8-7-14(16)12-20/h2-8,11H,9-10,12H2,1H3. The predicted octanol–water partition coefficient (Wildman–Crippen LogP) is 3.62. The molecule has 3 heteroatoms. The molecule has 0 aliphatic carbocycles. The van der Waals surface area contributed by atoms with E-state index in [1.165, 1.54) is 5.56 Å². The number of hydrogen-bond donors (Lipinski definition) is 0. The van der Waals surface area contributed by atoms with Gasteiger partial charge in [-0.05, 0) is 24.7 Å². The second-order valence-electron chi connectivity index (χ2n) is 5.14. The van der Waals surface area contributed by atoms with E-state index in [-0.39, 0.29) is 0 Å². The van der Waals surface area contributed by atoms with Crippen molar-refractivity contribution in [2.45, 2.75) is 6.54 Å². The molecule has 0 saturated heterocycles. The summed E-state index contributed by atoms with van der Waals surface area (Å²) >= 11 is 6.19. The molecule has 1 heterocycles. The number of rotatable bonds is 1. The SMILES string of the molecule is CN1CCN=C(c2ccccc2)c2cc(Cl)ccc2C1. The Labute approximate surface area is 124 Å². The Kier molecular flexibility index (Phi) is 3.86. The zero-order valence-corrected chi connectivity index (χ0v) is 12.3. The number of nitrogens with zero attached hydrogens (tertiary/aromatic N) is 2. The van der Waals surface area contributed by atoms with Crippen LogP contribution in [0.3, 0.4) is 0 Å². The summed E-state index contributed by atoms with van der Waals surface area (Å²) < 4.78 is 0. The van der Waals surface area contributed by atoms with Crippen LogP contribution in [0.5, 0.6) is 0 Å². The minimum Gasteiger partial charge on any atom is -0.300 e. The summed E-state index contributed by atoms with van der Waals surface area (Å²) in [5.74, 6) is 0. The van der Waals surface area contributed by atoms with Crippen LogP contribution in [0, 0.1) is 0 Å². The van der Waals surface area contributed by atoms with Gasteiger partial charge < -0.3 is 4.90 Å². The van der Waals surface area contributed by atoms with Crippen LogP contribution < -0.4 is 0 Å². The largest absolute Gasteiger partial charge is 0.300 e. The Bertz CT molecular complexity index is 635. The molecule has 1 aliphatic rings. The van der Waals surface area contributed by atoms with Crippen LogP contribution in [0.15, 0.2) is 53.5 Å². The predicted molar refractivity (Wildman–Crippen MR) is 84.7 cm³/mol. The first kappa shape index (κ1) is 13.3. The maximum Gasteiger partial charge on any atom is 0.0723 e. The average Bonchev–Trinajstić information content (AvgIpc) is 2.45. The maximum atomic E-state index is 6.19. The van der Waals surface area contributed by atoms with E-state index in [2.05, 4.69) is 30.1 Å². The third kappa shape index (κ3) is 2.77. The number of fused-ring (bicyclic) bond motifs is 1. The molecule has 0 aromatic heterocycles. The van der Waals surface area contributed by atoms with Gasteiger partial charge in [-0.3, -0.25) is 4.99 Å². The smallest absolute Gasteiger partial charge is 0.0723 e. The molecule has 102 valence electrons. The Morgan fingerprint density at radius 3 is 2.70 bits per heavy atom. The minimum atomic E-state index is 0.760. The molecule has 0 N–H and O–H groups in total. The van der Waals surface area contributed by atoms with Crippen LogP contribution in [0.4, 0.5) is 0 Å². The summed E-state index contributed by atoms with van der Waals surface area (Å²) in [4.78, 5) is 7.09. The van der Waals surface area contributed by atoms with Gasteiger partial charge in [0.1, 0.15) is 0 Å².